The third-order valence-electron chi connectivity index (χ3n) is 6.08. The number of carbonyl (C=O) groups excluding carboxylic acids is 1. The van der Waals surface area contributed by atoms with Crippen LogP contribution in [0.25, 0.3) is 0 Å². The molecule has 7 nitrogen and oxygen atoms in total. The number of hydrogen-bond donors (Lipinski definition) is 1. The Labute approximate surface area is 213 Å². The summed E-state index contributed by atoms with van der Waals surface area (Å²) in [6.45, 7) is 13.1. The van der Waals surface area contributed by atoms with Gasteiger partial charge in [0.1, 0.15) is 11.6 Å². The SMILES string of the molecule is CCOc1cc2c(c(F)c1OCC)C(=N)N(CC(=O)c1cc(N(C)C)c(OCC)c(C(C)(C)C)c1)C2. The number of amidine groups is 1. The minimum atomic E-state index is -0.622. The minimum absolute atomic E-state index is 0.00739. The lowest BCUT2D eigenvalue weighted by atomic mass is 9.84. The highest BCUT2D eigenvalue weighted by atomic mass is 19.1. The van der Waals surface area contributed by atoms with E-state index in [1.807, 2.05) is 45.0 Å². The Morgan fingerprint density at radius 2 is 1.64 bits per heavy atom. The second kappa shape index (κ2) is 10.8. The van der Waals surface area contributed by atoms with Crippen molar-refractivity contribution in [1.82, 2.24) is 4.90 Å². The first-order valence-electron chi connectivity index (χ1n) is 12.4. The average molecular weight is 500 g/mol. The molecular formula is C28H38FN3O4. The summed E-state index contributed by atoms with van der Waals surface area (Å²) in [6.07, 6.45) is 0. The maximum Gasteiger partial charge on any atom is 0.197 e. The Balaban J connectivity index is 1.97. The lowest BCUT2D eigenvalue weighted by Gasteiger charge is -2.28. The highest BCUT2D eigenvalue weighted by Gasteiger charge is 2.33. The molecule has 0 aliphatic carbocycles. The number of Topliss-reactive ketones (excluding diaryl/α,β-unsaturated/α-hetero) is 1. The summed E-state index contributed by atoms with van der Waals surface area (Å²) in [5, 5.41) is 8.64. The van der Waals surface area contributed by atoms with E-state index in [0.717, 1.165) is 17.0 Å². The molecule has 3 rings (SSSR count). The van der Waals surface area contributed by atoms with Gasteiger partial charge in [-0.15, -0.1) is 0 Å². The number of nitrogens with one attached hydrogen (secondary N) is 1. The first-order valence-corrected chi connectivity index (χ1v) is 12.4. The van der Waals surface area contributed by atoms with Gasteiger partial charge in [0.25, 0.3) is 0 Å². The normalized spacial score (nSPS) is 13.0. The molecule has 1 aliphatic heterocycles. The molecule has 0 fully saturated rings. The van der Waals surface area contributed by atoms with Crippen LogP contribution in [0.1, 0.15) is 68.6 Å². The quantitative estimate of drug-likeness (QED) is 0.441. The number of ketones is 1. The van der Waals surface area contributed by atoms with E-state index in [2.05, 4.69) is 20.8 Å². The van der Waals surface area contributed by atoms with Crippen LogP contribution >= 0.6 is 0 Å². The zero-order valence-electron chi connectivity index (χ0n) is 22.7. The molecule has 0 radical (unpaired) electrons. The van der Waals surface area contributed by atoms with Crippen molar-refractivity contribution in [3.63, 3.8) is 0 Å². The van der Waals surface area contributed by atoms with Crippen molar-refractivity contribution in [2.45, 2.75) is 53.5 Å². The average Bonchev–Trinajstić information content (AvgIpc) is 3.10. The van der Waals surface area contributed by atoms with Gasteiger partial charge in [-0.05, 0) is 49.9 Å². The number of carbonyl (C=O) groups is 1. The van der Waals surface area contributed by atoms with Crippen molar-refractivity contribution in [3.8, 4) is 17.2 Å². The second-order valence-corrected chi connectivity index (χ2v) is 10.00. The molecule has 1 aliphatic rings. The van der Waals surface area contributed by atoms with E-state index in [4.69, 9.17) is 19.6 Å². The van der Waals surface area contributed by atoms with Gasteiger partial charge in [0, 0.05) is 31.8 Å². The molecule has 196 valence electrons. The number of halogens is 1. The number of fused-ring (bicyclic) bond motifs is 1. The molecular weight excluding hydrogens is 461 g/mol. The Kier molecular flexibility index (Phi) is 8.16. The molecule has 0 amide bonds. The first-order chi connectivity index (χ1) is 16.9. The predicted molar refractivity (Wildman–Crippen MR) is 141 cm³/mol. The Morgan fingerprint density at radius 3 is 2.19 bits per heavy atom. The molecule has 36 heavy (non-hydrogen) atoms. The van der Waals surface area contributed by atoms with Crippen molar-refractivity contribution >= 4 is 17.3 Å². The van der Waals surface area contributed by atoms with Gasteiger partial charge in [-0.2, -0.15) is 0 Å². The Bertz CT molecular complexity index is 1150. The fourth-order valence-corrected chi connectivity index (χ4v) is 4.38. The molecule has 0 spiro atoms. The molecule has 2 aromatic carbocycles. The smallest absolute Gasteiger partial charge is 0.197 e. The van der Waals surface area contributed by atoms with Crippen LogP contribution in [0.2, 0.25) is 0 Å². The van der Waals surface area contributed by atoms with Crippen molar-refractivity contribution < 1.29 is 23.4 Å². The van der Waals surface area contributed by atoms with Crippen molar-refractivity contribution in [2.24, 2.45) is 0 Å². The summed E-state index contributed by atoms with van der Waals surface area (Å²) in [5.74, 6) is 0.279. The van der Waals surface area contributed by atoms with Gasteiger partial charge in [-0.3, -0.25) is 10.2 Å². The Hall–Kier alpha value is -3.29. The fraction of sp³-hybridized carbons (Fsp3) is 0.500. The van der Waals surface area contributed by atoms with E-state index in [9.17, 15) is 4.79 Å². The van der Waals surface area contributed by atoms with Gasteiger partial charge in [0.05, 0.1) is 37.6 Å². The lowest BCUT2D eigenvalue weighted by molar-refractivity contribution is 0.0962. The predicted octanol–water partition coefficient (Wildman–Crippen LogP) is 5.41. The van der Waals surface area contributed by atoms with Crippen LogP contribution < -0.4 is 19.1 Å². The van der Waals surface area contributed by atoms with Gasteiger partial charge >= 0.3 is 0 Å². The molecule has 0 saturated carbocycles. The minimum Gasteiger partial charge on any atom is -0.491 e. The summed E-state index contributed by atoms with van der Waals surface area (Å²) in [4.78, 5) is 17.0. The third-order valence-corrected chi connectivity index (χ3v) is 6.08. The van der Waals surface area contributed by atoms with Crippen LogP contribution in [0.3, 0.4) is 0 Å². The summed E-state index contributed by atoms with van der Waals surface area (Å²) >= 11 is 0. The van der Waals surface area contributed by atoms with Crippen LogP contribution in [0.15, 0.2) is 18.2 Å². The maximum atomic E-state index is 15.4. The number of nitrogens with zero attached hydrogens (tertiary/aromatic N) is 2. The number of rotatable bonds is 10. The maximum absolute atomic E-state index is 15.4. The summed E-state index contributed by atoms with van der Waals surface area (Å²) in [5.41, 5.74) is 2.80. The van der Waals surface area contributed by atoms with Crippen LogP contribution in [0, 0.1) is 11.2 Å². The van der Waals surface area contributed by atoms with Crippen LogP contribution in [0.4, 0.5) is 10.1 Å². The number of hydrogen-bond acceptors (Lipinski definition) is 6. The van der Waals surface area contributed by atoms with E-state index in [1.165, 1.54) is 0 Å². The van der Waals surface area contributed by atoms with Crippen molar-refractivity contribution in [3.05, 3.63) is 46.3 Å². The molecule has 8 heteroatoms. The number of anilines is 1. The molecule has 2 aromatic rings. The van der Waals surface area contributed by atoms with Gasteiger partial charge in [0.15, 0.2) is 23.1 Å². The molecule has 0 atom stereocenters. The van der Waals surface area contributed by atoms with Gasteiger partial charge in [0.2, 0.25) is 0 Å². The number of ether oxygens (including phenoxy) is 3. The van der Waals surface area contributed by atoms with Crippen molar-refractivity contribution in [2.75, 3.05) is 45.4 Å². The molecule has 0 bridgehead atoms. The van der Waals surface area contributed by atoms with Crippen molar-refractivity contribution in [1.29, 1.82) is 5.41 Å². The highest BCUT2D eigenvalue weighted by Crippen LogP contribution is 2.41. The van der Waals surface area contributed by atoms with E-state index in [0.29, 0.717) is 30.1 Å². The number of benzene rings is 2. The Morgan fingerprint density at radius 1 is 1.03 bits per heavy atom. The van der Waals surface area contributed by atoms with Crippen LogP contribution in [-0.2, 0) is 12.0 Å². The fourth-order valence-electron chi connectivity index (χ4n) is 4.38. The summed E-state index contributed by atoms with van der Waals surface area (Å²) in [6, 6.07) is 5.43. The van der Waals surface area contributed by atoms with E-state index in [-0.39, 0.29) is 48.0 Å². The zero-order valence-corrected chi connectivity index (χ0v) is 22.7. The summed E-state index contributed by atoms with van der Waals surface area (Å²) < 4.78 is 32.5. The van der Waals surface area contributed by atoms with E-state index in [1.54, 1.807) is 17.9 Å². The van der Waals surface area contributed by atoms with Gasteiger partial charge < -0.3 is 24.0 Å². The molecule has 1 N–H and O–H groups in total. The summed E-state index contributed by atoms with van der Waals surface area (Å²) in [7, 11) is 3.83. The lowest BCUT2D eigenvalue weighted by Crippen LogP contribution is -2.31. The second-order valence-electron chi connectivity index (χ2n) is 10.00. The van der Waals surface area contributed by atoms with Crippen LogP contribution in [-0.4, -0.2) is 57.0 Å². The first kappa shape index (κ1) is 27.3. The third kappa shape index (κ3) is 5.27. The van der Waals surface area contributed by atoms with E-state index < -0.39 is 5.82 Å². The topological polar surface area (TPSA) is 75.1 Å². The van der Waals surface area contributed by atoms with Crippen LogP contribution in [0.5, 0.6) is 17.2 Å². The largest absolute Gasteiger partial charge is 0.491 e. The molecule has 1 heterocycles. The molecule has 0 aromatic heterocycles. The molecule has 0 unspecified atom stereocenters. The monoisotopic (exact) mass is 499 g/mol. The molecule has 0 saturated heterocycles. The zero-order chi connectivity index (χ0) is 26.8. The van der Waals surface area contributed by atoms with Gasteiger partial charge in [-0.1, -0.05) is 20.8 Å². The van der Waals surface area contributed by atoms with Gasteiger partial charge in [-0.25, -0.2) is 4.39 Å². The standard InChI is InChI=1S/C28H38FN3O4/c1-9-34-22-14-18-15-32(27(30)23(18)24(29)26(22)36-11-3)16-21(33)17-12-19(28(4,5)6)25(35-10-2)20(13-17)31(7)8/h12-14,30H,9-11,15-16H2,1-8H3. The highest BCUT2D eigenvalue weighted by molar-refractivity contribution is 6.06. The van der Waals surface area contributed by atoms with E-state index >= 15 is 4.39 Å².